The molecule has 0 spiro atoms. The monoisotopic (exact) mass is 364 g/mol. The fraction of sp³-hybridized carbons (Fsp3) is 0.278. The van der Waals surface area contributed by atoms with Crippen LogP contribution in [0.1, 0.15) is 11.5 Å². The number of halogens is 1. The van der Waals surface area contributed by atoms with Crippen LogP contribution in [0.2, 0.25) is 0 Å². The highest BCUT2D eigenvalue weighted by atomic mass is 32.2. The van der Waals surface area contributed by atoms with Gasteiger partial charge in [-0.05, 0) is 29.8 Å². The summed E-state index contributed by atoms with van der Waals surface area (Å²) in [5, 5.41) is 8.56. The Bertz CT molecular complexity index is 897. The summed E-state index contributed by atoms with van der Waals surface area (Å²) in [7, 11) is -2.62. The first-order chi connectivity index (χ1) is 11.9. The molecule has 0 unspecified atom stereocenters. The van der Waals surface area contributed by atoms with Crippen LogP contribution in [0.15, 0.2) is 59.5 Å². The maximum Gasteiger partial charge on any atom is 0.314 e. The molecule has 3 rings (SSSR count). The average Bonchev–Trinajstić information content (AvgIpc) is 3.27. The van der Waals surface area contributed by atoms with E-state index < -0.39 is 38.2 Å². The van der Waals surface area contributed by atoms with Crippen LogP contribution in [-0.4, -0.2) is 38.5 Å². The highest BCUT2D eigenvalue weighted by molar-refractivity contribution is 7.92. The molecule has 0 bridgehead atoms. The standard InChI is InChI=1S/C18H17FO5S/c1-24-11-18(17(20)21)15(12-6-5-7-13(19)10-12)16(18)25(22,23)14-8-3-2-4-9-14/h2-10,15-16H,11H2,1H3,(H,20,21)/t15-,16+,18-/m1/s1. The zero-order chi connectivity index (χ0) is 18.2. The summed E-state index contributed by atoms with van der Waals surface area (Å²) in [4.78, 5) is 12.0. The Balaban J connectivity index is 2.14. The molecule has 2 aromatic carbocycles. The van der Waals surface area contributed by atoms with Gasteiger partial charge in [0.15, 0.2) is 9.84 Å². The van der Waals surface area contributed by atoms with Crippen LogP contribution < -0.4 is 0 Å². The van der Waals surface area contributed by atoms with Crippen molar-refractivity contribution in [3.05, 3.63) is 66.0 Å². The maximum absolute atomic E-state index is 13.6. The normalized spacial score (nSPS) is 25.5. The number of methoxy groups -OCH3 is 1. The maximum atomic E-state index is 13.6. The molecule has 25 heavy (non-hydrogen) atoms. The first-order valence-corrected chi connectivity index (χ1v) is 9.17. The van der Waals surface area contributed by atoms with Crippen molar-refractivity contribution in [3.8, 4) is 0 Å². The van der Waals surface area contributed by atoms with E-state index in [2.05, 4.69) is 0 Å². The predicted molar refractivity (Wildman–Crippen MR) is 88.5 cm³/mol. The first kappa shape index (κ1) is 17.6. The van der Waals surface area contributed by atoms with Gasteiger partial charge in [-0.1, -0.05) is 30.3 Å². The minimum Gasteiger partial charge on any atom is -0.481 e. The molecule has 7 heteroatoms. The molecule has 3 atom stereocenters. The van der Waals surface area contributed by atoms with Crippen molar-refractivity contribution in [2.45, 2.75) is 16.1 Å². The number of benzene rings is 2. The summed E-state index contributed by atoms with van der Waals surface area (Å²) in [6.45, 7) is -0.278. The average molecular weight is 364 g/mol. The van der Waals surface area contributed by atoms with Gasteiger partial charge in [-0.15, -0.1) is 0 Å². The van der Waals surface area contributed by atoms with Crippen molar-refractivity contribution in [3.63, 3.8) is 0 Å². The molecule has 5 nitrogen and oxygen atoms in total. The number of carboxylic acids is 1. The Kier molecular flexibility index (Phi) is 4.38. The van der Waals surface area contributed by atoms with Crippen molar-refractivity contribution >= 4 is 15.8 Å². The smallest absolute Gasteiger partial charge is 0.314 e. The minimum absolute atomic E-state index is 0.0423. The van der Waals surface area contributed by atoms with Gasteiger partial charge in [-0.25, -0.2) is 12.8 Å². The quantitative estimate of drug-likeness (QED) is 0.852. The van der Waals surface area contributed by atoms with Crippen LogP contribution in [0.3, 0.4) is 0 Å². The molecular weight excluding hydrogens is 347 g/mol. The summed E-state index contributed by atoms with van der Waals surface area (Å²) >= 11 is 0. The van der Waals surface area contributed by atoms with Gasteiger partial charge in [-0.3, -0.25) is 4.79 Å². The number of carboxylic acid groups (broad SMARTS) is 1. The molecular formula is C18H17FO5S. The zero-order valence-corrected chi connectivity index (χ0v) is 14.2. The Morgan fingerprint density at radius 1 is 1.20 bits per heavy atom. The zero-order valence-electron chi connectivity index (χ0n) is 13.4. The fourth-order valence-corrected chi connectivity index (χ4v) is 5.90. The Morgan fingerprint density at radius 2 is 1.88 bits per heavy atom. The van der Waals surface area contributed by atoms with E-state index in [-0.39, 0.29) is 11.5 Å². The third-order valence-electron chi connectivity index (χ3n) is 4.65. The van der Waals surface area contributed by atoms with E-state index in [1.54, 1.807) is 24.3 Å². The van der Waals surface area contributed by atoms with Gasteiger partial charge in [0.25, 0.3) is 0 Å². The molecule has 1 saturated carbocycles. The molecule has 2 aromatic rings. The largest absolute Gasteiger partial charge is 0.481 e. The lowest BCUT2D eigenvalue weighted by molar-refractivity contribution is -0.145. The molecule has 132 valence electrons. The number of sulfone groups is 1. The first-order valence-electron chi connectivity index (χ1n) is 7.62. The Hall–Kier alpha value is -2.25. The van der Waals surface area contributed by atoms with Crippen LogP contribution in [0.5, 0.6) is 0 Å². The fourth-order valence-electron chi connectivity index (χ4n) is 3.52. The number of ether oxygens (including phenoxy) is 1. The van der Waals surface area contributed by atoms with Crippen molar-refractivity contribution in [2.24, 2.45) is 5.41 Å². The third kappa shape index (κ3) is 2.73. The van der Waals surface area contributed by atoms with Crippen molar-refractivity contribution in [1.29, 1.82) is 0 Å². The van der Waals surface area contributed by atoms with E-state index in [9.17, 15) is 22.7 Å². The van der Waals surface area contributed by atoms with E-state index in [1.165, 1.54) is 37.4 Å². The van der Waals surface area contributed by atoms with Crippen molar-refractivity contribution in [2.75, 3.05) is 13.7 Å². The molecule has 1 N–H and O–H groups in total. The summed E-state index contributed by atoms with van der Waals surface area (Å²) in [5.41, 5.74) is -1.30. The van der Waals surface area contributed by atoms with Crippen molar-refractivity contribution in [1.82, 2.24) is 0 Å². The van der Waals surface area contributed by atoms with Gasteiger partial charge >= 0.3 is 5.97 Å². The lowest BCUT2D eigenvalue weighted by Gasteiger charge is -2.12. The second-order valence-corrected chi connectivity index (χ2v) is 8.16. The lowest BCUT2D eigenvalue weighted by Crippen LogP contribution is -2.28. The molecule has 1 fully saturated rings. The van der Waals surface area contributed by atoms with Gasteiger partial charge in [0.1, 0.15) is 11.2 Å². The molecule has 0 heterocycles. The van der Waals surface area contributed by atoms with E-state index in [0.717, 1.165) is 0 Å². The minimum atomic E-state index is -3.93. The summed E-state index contributed by atoms with van der Waals surface area (Å²) in [6.07, 6.45) is 0. The van der Waals surface area contributed by atoms with Crippen molar-refractivity contribution < 1.29 is 27.4 Å². The highest BCUT2D eigenvalue weighted by Gasteiger charge is 2.76. The van der Waals surface area contributed by atoms with E-state index in [1.807, 2.05) is 0 Å². The molecule has 0 radical (unpaired) electrons. The van der Waals surface area contributed by atoms with Gasteiger partial charge in [0, 0.05) is 13.0 Å². The number of hydrogen-bond acceptors (Lipinski definition) is 4. The molecule has 0 aromatic heterocycles. The second kappa shape index (κ2) is 6.24. The van der Waals surface area contributed by atoms with E-state index in [0.29, 0.717) is 5.56 Å². The topological polar surface area (TPSA) is 80.7 Å². The lowest BCUT2D eigenvalue weighted by atomic mass is 10.00. The van der Waals surface area contributed by atoms with Crippen LogP contribution in [-0.2, 0) is 19.4 Å². The summed E-state index contributed by atoms with van der Waals surface area (Å²) in [5.74, 6) is -2.70. The number of rotatable bonds is 6. The van der Waals surface area contributed by atoms with Crippen LogP contribution >= 0.6 is 0 Å². The van der Waals surface area contributed by atoms with E-state index >= 15 is 0 Å². The van der Waals surface area contributed by atoms with Crippen LogP contribution in [0, 0.1) is 11.2 Å². The number of hydrogen-bond donors (Lipinski definition) is 1. The number of carbonyl (C=O) groups is 1. The Morgan fingerprint density at radius 3 is 2.44 bits per heavy atom. The van der Waals surface area contributed by atoms with Crippen LogP contribution in [0.25, 0.3) is 0 Å². The second-order valence-electron chi connectivity index (χ2n) is 6.09. The van der Waals surface area contributed by atoms with Gasteiger partial charge in [0.2, 0.25) is 0 Å². The molecule has 0 amide bonds. The number of aliphatic carboxylic acids is 1. The van der Waals surface area contributed by atoms with Gasteiger partial charge < -0.3 is 9.84 Å². The van der Waals surface area contributed by atoms with Crippen LogP contribution in [0.4, 0.5) is 4.39 Å². The molecule has 1 aliphatic rings. The SMILES string of the molecule is COC[C@@]1(C(=O)O)[C@H](c2cccc(F)c2)[C@@H]1S(=O)(=O)c1ccccc1. The summed E-state index contributed by atoms with van der Waals surface area (Å²) < 4.78 is 44.7. The molecule has 1 aliphatic carbocycles. The predicted octanol–water partition coefficient (Wildman–Crippen LogP) is 2.48. The van der Waals surface area contributed by atoms with Gasteiger partial charge in [-0.2, -0.15) is 0 Å². The molecule has 0 aliphatic heterocycles. The highest BCUT2D eigenvalue weighted by Crippen LogP contribution is 2.64. The third-order valence-corrected chi connectivity index (χ3v) is 6.94. The van der Waals surface area contributed by atoms with E-state index in [4.69, 9.17) is 4.74 Å². The van der Waals surface area contributed by atoms with Gasteiger partial charge in [0.05, 0.1) is 16.8 Å². The molecule has 0 saturated heterocycles. The Labute approximate surface area is 145 Å². The summed E-state index contributed by atoms with van der Waals surface area (Å²) in [6, 6.07) is 13.1.